The van der Waals surface area contributed by atoms with Crippen LogP contribution < -0.4 is 16.0 Å². The Morgan fingerprint density at radius 1 is 1.36 bits per heavy atom. The lowest BCUT2D eigenvalue weighted by molar-refractivity contribution is -0.123. The molecule has 0 bridgehead atoms. The highest BCUT2D eigenvalue weighted by Crippen LogP contribution is 2.19. The van der Waals surface area contributed by atoms with Gasteiger partial charge in [0.05, 0.1) is 6.54 Å². The SMILES string of the molecule is O=C1CC[C@@H](C(=O)NCc2cc(-c3cccc(F)c3)no2)NC(=O)N1. The molecule has 3 rings (SSSR count). The monoisotopic (exact) mass is 346 g/mol. The maximum Gasteiger partial charge on any atom is 0.322 e. The smallest absolute Gasteiger partial charge is 0.322 e. The summed E-state index contributed by atoms with van der Waals surface area (Å²) in [5.41, 5.74) is 1.00. The summed E-state index contributed by atoms with van der Waals surface area (Å²) >= 11 is 0. The number of hydrogen-bond donors (Lipinski definition) is 3. The van der Waals surface area contributed by atoms with Crippen LogP contribution in [0.4, 0.5) is 9.18 Å². The van der Waals surface area contributed by atoms with Crippen molar-refractivity contribution in [2.75, 3.05) is 0 Å². The van der Waals surface area contributed by atoms with Gasteiger partial charge in [-0.05, 0) is 18.6 Å². The highest BCUT2D eigenvalue weighted by molar-refractivity contribution is 5.98. The number of carbonyl (C=O) groups is 3. The topological polar surface area (TPSA) is 113 Å². The summed E-state index contributed by atoms with van der Waals surface area (Å²) in [5.74, 6) is -0.874. The minimum Gasteiger partial charge on any atom is -0.359 e. The number of hydrogen-bond acceptors (Lipinski definition) is 5. The summed E-state index contributed by atoms with van der Waals surface area (Å²) in [6.45, 7) is 0.0505. The van der Waals surface area contributed by atoms with E-state index in [-0.39, 0.29) is 25.2 Å². The first-order chi connectivity index (χ1) is 12.0. The van der Waals surface area contributed by atoms with E-state index in [9.17, 15) is 18.8 Å². The van der Waals surface area contributed by atoms with E-state index in [1.807, 2.05) is 0 Å². The van der Waals surface area contributed by atoms with E-state index in [1.165, 1.54) is 12.1 Å². The second kappa shape index (κ2) is 7.12. The Morgan fingerprint density at radius 2 is 2.20 bits per heavy atom. The third-order valence-corrected chi connectivity index (χ3v) is 3.65. The fourth-order valence-corrected chi connectivity index (χ4v) is 2.41. The average molecular weight is 346 g/mol. The van der Waals surface area contributed by atoms with E-state index in [0.717, 1.165) is 0 Å². The molecule has 0 spiro atoms. The van der Waals surface area contributed by atoms with Gasteiger partial charge >= 0.3 is 6.03 Å². The van der Waals surface area contributed by atoms with E-state index in [1.54, 1.807) is 18.2 Å². The van der Waals surface area contributed by atoms with Crippen molar-refractivity contribution in [3.63, 3.8) is 0 Å². The number of nitrogens with zero attached hydrogens (tertiary/aromatic N) is 1. The molecule has 1 aromatic heterocycles. The number of nitrogens with one attached hydrogen (secondary N) is 3. The normalized spacial score (nSPS) is 17.4. The van der Waals surface area contributed by atoms with Gasteiger partial charge in [-0.1, -0.05) is 17.3 Å². The van der Waals surface area contributed by atoms with Crippen LogP contribution in [0.2, 0.25) is 0 Å². The molecular formula is C16H15FN4O4. The maximum atomic E-state index is 13.2. The summed E-state index contributed by atoms with van der Waals surface area (Å²) in [7, 11) is 0. The van der Waals surface area contributed by atoms with Gasteiger partial charge in [0, 0.05) is 18.1 Å². The molecule has 0 aliphatic carbocycles. The summed E-state index contributed by atoms with van der Waals surface area (Å²) in [6, 6.07) is 5.98. The molecule has 0 radical (unpaired) electrons. The largest absolute Gasteiger partial charge is 0.359 e. The van der Waals surface area contributed by atoms with Crippen LogP contribution in [0.3, 0.4) is 0 Å². The van der Waals surface area contributed by atoms with Crippen molar-refractivity contribution in [2.24, 2.45) is 0 Å². The fourth-order valence-electron chi connectivity index (χ4n) is 2.41. The second-order valence-electron chi connectivity index (χ2n) is 5.52. The van der Waals surface area contributed by atoms with Gasteiger partial charge in [-0.15, -0.1) is 0 Å². The van der Waals surface area contributed by atoms with Crippen molar-refractivity contribution in [2.45, 2.75) is 25.4 Å². The number of benzene rings is 1. The minimum absolute atomic E-state index is 0.0505. The zero-order valence-electron chi connectivity index (χ0n) is 13.0. The first-order valence-corrected chi connectivity index (χ1v) is 7.61. The number of halogens is 1. The lowest BCUT2D eigenvalue weighted by Gasteiger charge is -2.13. The quantitative estimate of drug-likeness (QED) is 0.767. The van der Waals surface area contributed by atoms with Crippen LogP contribution in [-0.2, 0) is 16.1 Å². The summed E-state index contributed by atoms with van der Waals surface area (Å²) < 4.78 is 18.4. The second-order valence-corrected chi connectivity index (χ2v) is 5.52. The lowest BCUT2D eigenvalue weighted by Crippen LogP contribution is -2.48. The van der Waals surface area contributed by atoms with Crippen LogP contribution in [-0.4, -0.2) is 29.0 Å². The Labute approximate surface area is 141 Å². The van der Waals surface area contributed by atoms with Crippen LogP contribution >= 0.6 is 0 Å². The first-order valence-electron chi connectivity index (χ1n) is 7.61. The number of carbonyl (C=O) groups excluding carboxylic acids is 3. The van der Waals surface area contributed by atoms with Crippen molar-refractivity contribution < 1.29 is 23.3 Å². The van der Waals surface area contributed by atoms with E-state index in [4.69, 9.17) is 4.52 Å². The van der Waals surface area contributed by atoms with Gasteiger partial charge in [0.25, 0.3) is 0 Å². The molecule has 2 aromatic rings. The molecule has 25 heavy (non-hydrogen) atoms. The third kappa shape index (κ3) is 4.19. The zero-order chi connectivity index (χ0) is 17.8. The molecule has 8 nitrogen and oxygen atoms in total. The van der Waals surface area contributed by atoms with Crippen LogP contribution in [0, 0.1) is 5.82 Å². The molecule has 0 saturated carbocycles. The number of imide groups is 1. The van der Waals surface area contributed by atoms with Crippen LogP contribution in [0.5, 0.6) is 0 Å². The molecule has 1 aliphatic rings. The van der Waals surface area contributed by atoms with E-state index in [0.29, 0.717) is 17.0 Å². The van der Waals surface area contributed by atoms with E-state index < -0.39 is 23.9 Å². The van der Waals surface area contributed by atoms with Crippen molar-refractivity contribution in [1.82, 2.24) is 21.1 Å². The molecule has 4 amide bonds. The van der Waals surface area contributed by atoms with Crippen LogP contribution in [0.25, 0.3) is 11.3 Å². The Kier molecular flexibility index (Phi) is 4.73. The Bertz CT molecular complexity index is 820. The predicted octanol–water partition coefficient (Wildman–Crippen LogP) is 1.09. The predicted molar refractivity (Wildman–Crippen MR) is 83.4 cm³/mol. The van der Waals surface area contributed by atoms with Crippen molar-refractivity contribution in [1.29, 1.82) is 0 Å². The highest BCUT2D eigenvalue weighted by atomic mass is 19.1. The Balaban J connectivity index is 1.59. The van der Waals surface area contributed by atoms with Crippen molar-refractivity contribution in [3.05, 3.63) is 41.9 Å². The molecule has 1 aromatic carbocycles. The minimum atomic E-state index is -0.808. The van der Waals surface area contributed by atoms with Gasteiger partial charge in [0.15, 0.2) is 5.76 Å². The molecule has 0 unspecified atom stereocenters. The third-order valence-electron chi connectivity index (χ3n) is 3.65. The van der Waals surface area contributed by atoms with Crippen LogP contribution in [0.15, 0.2) is 34.9 Å². The highest BCUT2D eigenvalue weighted by Gasteiger charge is 2.26. The molecule has 130 valence electrons. The molecule has 1 atom stereocenters. The number of urea groups is 1. The number of rotatable bonds is 4. The Morgan fingerprint density at radius 3 is 3.00 bits per heavy atom. The zero-order valence-corrected chi connectivity index (χ0v) is 13.0. The molecule has 1 fully saturated rings. The lowest BCUT2D eigenvalue weighted by atomic mass is 10.1. The first kappa shape index (κ1) is 16.6. The van der Waals surface area contributed by atoms with Crippen LogP contribution in [0.1, 0.15) is 18.6 Å². The van der Waals surface area contributed by atoms with Crippen molar-refractivity contribution in [3.8, 4) is 11.3 Å². The van der Waals surface area contributed by atoms with Gasteiger partial charge in [0.1, 0.15) is 17.6 Å². The van der Waals surface area contributed by atoms with Gasteiger partial charge < -0.3 is 15.2 Å². The molecule has 3 N–H and O–H groups in total. The van der Waals surface area contributed by atoms with E-state index >= 15 is 0 Å². The molecule has 1 saturated heterocycles. The summed E-state index contributed by atoms with van der Waals surface area (Å²) in [6.07, 6.45) is 0.275. The van der Waals surface area contributed by atoms with Gasteiger partial charge in [-0.3, -0.25) is 14.9 Å². The van der Waals surface area contributed by atoms with Gasteiger partial charge in [-0.25, -0.2) is 9.18 Å². The molecule has 1 aliphatic heterocycles. The summed E-state index contributed by atoms with van der Waals surface area (Å²) in [5, 5.41) is 11.0. The van der Waals surface area contributed by atoms with Gasteiger partial charge in [-0.2, -0.15) is 0 Å². The number of amides is 4. The number of aromatic nitrogens is 1. The Hall–Kier alpha value is -3.23. The summed E-state index contributed by atoms with van der Waals surface area (Å²) in [4.78, 5) is 34.8. The van der Waals surface area contributed by atoms with Crippen molar-refractivity contribution >= 4 is 17.8 Å². The standard InChI is InChI=1S/C16H15FN4O4/c17-10-3-1-2-9(6-10)13-7-11(25-21-13)8-18-15(23)12-4-5-14(22)20-16(24)19-12/h1-3,6-7,12H,4-5,8H2,(H,18,23)(H2,19,20,22,24)/t12-/m0/s1. The van der Waals surface area contributed by atoms with E-state index in [2.05, 4.69) is 21.1 Å². The molecular weight excluding hydrogens is 331 g/mol. The average Bonchev–Trinajstić information content (AvgIpc) is 2.98. The fraction of sp³-hybridized carbons (Fsp3) is 0.250. The molecule has 9 heteroatoms. The molecule has 2 heterocycles. The van der Waals surface area contributed by atoms with Gasteiger partial charge in [0.2, 0.25) is 11.8 Å². The maximum absolute atomic E-state index is 13.2.